The van der Waals surface area contributed by atoms with Gasteiger partial charge in [0, 0.05) is 29.6 Å². The Morgan fingerprint density at radius 1 is 1.06 bits per heavy atom. The van der Waals surface area contributed by atoms with E-state index in [1.54, 1.807) is 25.1 Å². The summed E-state index contributed by atoms with van der Waals surface area (Å²) in [6, 6.07) is 9.82. The number of halogens is 2. The second-order valence-corrected chi connectivity index (χ2v) is 9.54. The normalized spacial score (nSPS) is 20.5. The number of aromatic nitrogens is 3. The van der Waals surface area contributed by atoms with Crippen molar-refractivity contribution in [3.8, 4) is 5.75 Å². The monoisotopic (exact) mass is 465 g/mol. The minimum atomic E-state index is -0.677. The lowest BCUT2D eigenvalue weighted by Gasteiger charge is -2.32. The van der Waals surface area contributed by atoms with Crippen LogP contribution in [0, 0.1) is 17.6 Å². The Morgan fingerprint density at radius 3 is 2.62 bits per heavy atom. The van der Waals surface area contributed by atoms with E-state index in [2.05, 4.69) is 16.9 Å². The van der Waals surface area contributed by atoms with Crippen LogP contribution in [-0.2, 0) is 0 Å². The van der Waals surface area contributed by atoms with Gasteiger partial charge in [0.05, 0.1) is 22.7 Å². The van der Waals surface area contributed by atoms with Crippen LogP contribution in [0.15, 0.2) is 42.6 Å². The molecule has 5 rings (SSSR count). The first-order chi connectivity index (χ1) is 16.4. The summed E-state index contributed by atoms with van der Waals surface area (Å²) in [5.74, 6) is 1.28. The molecule has 1 saturated carbocycles. The lowest BCUT2D eigenvalue weighted by molar-refractivity contribution is 0.120. The molecular formula is C27H29F2N3O2. The van der Waals surface area contributed by atoms with Crippen molar-refractivity contribution in [1.82, 2.24) is 15.0 Å². The first kappa shape index (κ1) is 22.7. The predicted molar refractivity (Wildman–Crippen MR) is 128 cm³/mol. The van der Waals surface area contributed by atoms with E-state index in [1.807, 2.05) is 12.3 Å². The van der Waals surface area contributed by atoms with Crippen molar-refractivity contribution in [2.45, 2.75) is 57.5 Å². The van der Waals surface area contributed by atoms with Gasteiger partial charge in [-0.1, -0.05) is 6.92 Å². The van der Waals surface area contributed by atoms with Crippen LogP contribution >= 0.6 is 0 Å². The number of aliphatic hydroxyl groups is 1. The number of pyridine rings is 1. The number of H-pyrrole nitrogens is 1. The number of nitrogens with one attached hydrogen (secondary N) is 1. The van der Waals surface area contributed by atoms with Crippen molar-refractivity contribution in [3.05, 3.63) is 65.6 Å². The minimum Gasteiger partial charge on any atom is -0.488 e. The van der Waals surface area contributed by atoms with Crippen molar-refractivity contribution in [2.75, 3.05) is 6.61 Å². The average Bonchev–Trinajstić information content (AvgIpc) is 3.24. The molecule has 0 saturated heterocycles. The smallest absolute Gasteiger partial charge is 0.167 e. The SMILES string of the molecule is CC(O)COc1cc2nc([C@H](C)C3CCC(c4ccnc5ccc(F)cc45)CC3)[nH]c2cc1F. The highest BCUT2D eigenvalue weighted by Crippen LogP contribution is 2.43. The molecule has 1 aliphatic carbocycles. The summed E-state index contributed by atoms with van der Waals surface area (Å²) in [5, 5.41) is 10.3. The summed E-state index contributed by atoms with van der Waals surface area (Å²) in [6.45, 7) is 3.79. The number of benzene rings is 2. The van der Waals surface area contributed by atoms with Crippen molar-refractivity contribution in [3.63, 3.8) is 0 Å². The molecule has 0 amide bonds. The van der Waals surface area contributed by atoms with Crippen LogP contribution in [0.1, 0.15) is 62.8 Å². The average molecular weight is 466 g/mol. The number of aromatic amines is 1. The van der Waals surface area contributed by atoms with Gasteiger partial charge in [-0.2, -0.15) is 0 Å². The zero-order valence-corrected chi connectivity index (χ0v) is 19.4. The molecular weight excluding hydrogens is 436 g/mol. The van der Waals surface area contributed by atoms with Crippen LogP contribution in [0.5, 0.6) is 5.75 Å². The number of ether oxygens (including phenoxy) is 1. The quantitative estimate of drug-likeness (QED) is 0.354. The second kappa shape index (κ2) is 9.29. The van der Waals surface area contributed by atoms with E-state index in [9.17, 15) is 13.9 Å². The number of nitrogens with zero attached hydrogens (tertiary/aromatic N) is 2. The first-order valence-corrected chi connectivity index (χ1v) is 11.9. The molecule has 0 aliphatic heterocycles. The van der Waals surface area contributed by atoms with Gasteiger partial charge >= 0.3 is 0 Å². The lowest BCUT2D eigenvalue weighted by atomic mass is 9.73. The third-order valence-corrected chi connectivity index (χ3v) is 7.12. The Morgan fingerprint density at radius 2 is 1.85 bits per heavy atom. The highest BCUT2D eigenvalue weighted by molar-refractivity contribution is 5.82. The standard InChI is InChI=1S/C27H29F2N3O2/c1-15(33)14-34-26-13-25-24(12-22(26)29)31-27(32-25)16(2)17-3-5-18(6-4-17)20-9-10-30-23-8-7-19(28)11-21(20)23/h7-13,15-18,33H,3-6,14H2,1-2H3,(H,31,32)/t15?,16-,17?,18?/m1/s1. The minimum absolute atomic E-state index is 0.0265. The van der Waals surface area contributed by atoms with E-state index in [0.717, 1.165) is 42.4 Å². The summed E-state index contributed by atoms with van der Waals surface area (Å²) in [4.78, 5) is 12.4. The van der Waals surface area contributed by atoms with Crippen LogP contribution < -0.4 is 4.74 Å². The molecule has 1 aliphatic rings. The Labute approximate surface area is 197 Å². The molecule has 2 N–H and O–H groups in total. The molecule has 5 nitrogen and oxygen atoms in total. The molecule has 0 radical (unpaired) electrons. The predicted octanol–water partition coefficient (Wildman–Crippen LogP) is 6.23. The molecule has 2 aromatic carbocycles. The number of rotatable bonds is 6. The third-order valence-electron chi connectivity index (χ3n) is 7.12. The molecule has 178 valence electrons. The first-order valence-electron chi connectivity index (χ1n) is 11.9. The van der Waals surface area contributed by atoms with Gasteiger partial charge in [-0.3, -0.25) is 4.98 Å². The topological polar surface area (TPSA) is 71.0 Å². The number of imidazole rings is 1. The van der Waals surface area contributed by atoms with Gasteiger partial charge < -0.3 is 14.8 Å². The molecule has 2 atom stereocenters. The van der Waals surface area contributed by atoms with Gasteiger partial charge in [0.2, 0.25) is 0 Å². The van der Waals surface area contributed by atoms with Crippen LogP contribution in [0.25, 0.3) is 21.9 Å². The van der Waals surface area contributed by atoms with Crippen molar-refractivity contribution in [1.29, 1.82) is 0 Å². The number of hydrogen-bond donors (Lipinski definition) is 2. The molecule has 7 heteroatoms. The Kier molecular flexibility index (Phi) is 6.21. The molecule has 2 aromatic heterocycles. The van der Waals surface area contributed by atoms with Crippen molar-refractivity contribution < 1.29 is 18.6 Å². The van der Waals surface area contributed by atoms with Crippen LogP contribution in [0.3, 0.4) is 0 Å². The van der Waals surface area contributed by atoms with Crippen LogP contribution in [0.2, 0.25) is 0 Å². The largest absolute Gasteiger partial charge is 0.488 e. The molecule has 1 fully saturated rings. The van der Waals surface area contributed by atoms with E-state index >= 15 is 0 Å². The van der Waals surface area contributed by atoms with E-state index in [-0.39, 0.29) is 24.1 Å². The van der Waals surface area contributed by atoms with Gasteiger partial charge in [0.25, 0.3) is 0 Å². The zero-order valence-electron chi connectivity index (χ0n) is 19.4. The summed E-state index contributed by atoms with van der Waals surface area (Å²) in [6.07, 6.45) is 5.27. The van der Waals surface area contributed by atoms with Crippen molar-refractivity contribution in [2.24, 2.45) is 5.92 Å². The van der Waals surface area contributed by atoms with Crippen LogP contribution in [0.4, 0.5) is 8.78 Å². The van der Waals surface area contributed by atoms with Crippen molar-refractivity contribution >= 4 is 21.9 Å². The van der Waals surface area contributed by atoms with E-state index in [0.29, 0.717) is 22.9 Å². The Bertz CT molecular complexity index is 1310. The summed E-state index contributed by atoms with van der Waals surface area (Å²) >= 11 is 0. The number of fused-ring (bicyclic) bond motifs is 2. The maximum atomic E-state index is 14.4. The van der Waals surface area contributed by atoms with Gasteiger partial charge in [0.1, 0.15) is 18.2 Å². The molecule has 2 heterocycles. The van der Waals surface area contributed by atoms with Gasteiger partial charge in [0.15, 0.2) is 11.6 Å². The Hall–Kier alpha value is -3.06. The van der Waals surface area contributed by atoms with Gasteiger partial charge in [-0.25, -0.2) is 13.8 Å². The zero-order chi connectivity index (χ0) is 23.8. The molecule has 1 unspecified atom stereocenters. The van der Waals surface area contributed by atoms with E-state index < -0.39 is 11.9 Å². The fourth-order valence-electron chi connectivity index (χ4n) is 5.22. The maximum absolute atomic E-state index is 14.4. The molecule has 34 heavy (non-hydrogen) atoms. The highest BCUT2D eigenvalue weighted by atomic mass is 19.1. The number of hydrogen-bond acceptors (Lipinski definition) is 4. The fourth-order valence-corrected chi connectivity index (χ4v) is 5.22. The third kappa shape index (κ3) is 4.49. The van der Waals surface area contributed by atoms with Gasteiger partial charge in [-0.05, 0) is 74.3 Å². The summed E-state index contributed by atoms with van der Waals surface area (Å²) in [5.41, 5.74) is 3.31. The molecule has 4 aromatic rings. The highest BCUT2D eigenvalue weighted by Gasteiger charge is 2.29. The second-order valence-electron chi connectivity index (χ2n) is 9.54. The summed E-state index contributed by atoms with van der Waals surface area (Å²) < 4.78 is 33.6. The Balaban J connectivity index is 1.30. The van der Waals surface area contributed by atoms with Crippen LogP contribution in [-0.4, -0.2) is 32.8 Å². The summed E-state index contributed by atoms with van der Waals surface area (Å²) in [7, 11) is 0. The maximum Gasteiger partial charge on any atom is 0.167 e. The van der Waals surface area contributed by atoms with E-state index in [1.165, 1.54) is 17.7 Å². The van der Waals surface area contributed by atoms with Gasteiger partial charge in [-0.15, -0.1) is 0 Å². The van der Waals surface area contributed by atoms with E-state index in [4.69, 9.17) is 9.72 Å². The molecule has 0 bridgehead atoms. The molecule has 0 spiro atoms. The number of aliphatic hydroxyl groups excluding tert-OH is 1. The lowest BCUT2D eigenvalue weighted by Crippen LogP contribution is -2.19. The fraction of sp³-hybridized carbons (Fsp3) is 0.407.